The first-order chi connectivity index (χ1) is 10.3. The molecular formula is C12H9F4N3O2S. The van der Waals surface area contributed by atoms with E-state index in [4.69, 9.17) is 0 Å². The van der Waals surface area contributed by atoms with E-state index in [1.165, 1.54) is 18.2 Å². The summed E-state index contributed by atoms with van der Waals surface area (Å²) >= 11 is 0. The molecule has 0 spiro atoms. The number of nitrogens with zero attached hydrogens (tertiary/aromatic N) is 3. The second-order valence-electron chi connectivity index (χ2n) is 4.78. The van der Waals surface area contributed by atoms with Crippen LogP contribution in [0.5, 0.6) is 0 Å². The predicted octanol–water partition coefficient (Wildman–Crippen LogP) is 2.42. The van der Waals surface area contributed by atoms with Crippen LogP contribution in [0.4, 0.5) is 17.6 Å². The molecule has 1 aliphatic heterocycles. The largest absolute Gasteiger partial charge is 0.344 e. The molecule has 1 aromatic heterocycles. The predicted molar refractivity (Wildman–Crippen MR) is 66.2 cm³/mol. The van der Waals surface area contributed by atoms with Gasteiger partial charge < -0.3 is 0 Å². The summed E-state index contributed by atoms with van der Waals surface area (Å²) in [4.78, 5) is 3.38. The highest BCUT2D eigenvalue weighted by Crippen LogP contribution is 2.40. The van der Waals surface area contributed by atoms with Gasteiger partial charge in [0.1, 0.15) is 5.82 Å². The van der Waals surface area contributed by atoms with Gasteiger partial charge in [-0.2, -0.15) is 13.8 Å². The van der Waals surface area contributed by atoms with E-state index >= 15 is 0 Å². The van der Waals surface area contributed by atoms with Crippen molar-refractivity contribution in [1.82, 2.24) is 14.8 Å². The maximum Gasteiger partial charge on any atom is 0.344 e. The monoisotopic (exact) mass is 335 g/mol. The van der Waals surface area contributed by atoms with Crippen molar-refractivity contribution in [2.75, 3.05) is 0 Å². The Kier molecular flexibility index (Phi) is 3.42. The molecule has 1 aromatic carbocycles. The minimum Gasteiger partial charge on any atom is -0.239 e. The molecule has 118 valence electrons. The maximum absolute atomic E-state index is 14.0. The molecule has 3 rings (SSSR count). The molecule has 0 amide bonds. The average Bonchev–Trinajstić information content (AvgIpc) is 3.00. The van der Waals surface area contributed by atoms with Crippen LogP contribution in [0.25, 0.3) is 0 Å². The molecule has 0 fully saturated rings. The van der Waals surface area contributed by atoms with Crippen molar-refractivity contribution in [2.45, 2.75) is 29.5 Å². The molecule has 2 atom stereocenters. The second-order valence-corrected chi connectivity index (χ2v) is 6.59. The van der Waals surface area contributed by atoms with Crippen LogP contribution in [-0.2, 0) is 9.84 Å². The molecule has 0 bridgehead atoms. The van der Waals surface area contributed by atoms with Crippen LogP contribution in [-0.4, -0.2) is 28.9 Å². The van der Waals surface area contributed by atoms with E-state index in [0.29, 0.717) is 5.56 Å². The van der Waals surface area contributed by atoms with E-state index < -0.39 is 38.8 Å². The van der Waals surface area contributed by atoms with Gasteiger partial charge in [-0.25, -0.2) is 21.9 Å². The number of hydrogen-bond acceptors (Lipinski definition) is 4. The number of fused-ring (bicyclic) bond motifs is 1. The summed E-state index contributed by atoms with van der Waals surface area (Å²) in [6.07, 6.45) is -1.78. The van der Waals surface area contributed by atoms with Crippen LogP contribution in [0.3, 0.4) is 0 Å². The number of benzene rings is 1. The quantitative estimate of drug-likeness (QED) is 0.808. The third-order valence-corrected chi connectivity index (χ3v) is 4.52. The zero-order chi connectivity index (χ0) is 16.1. The number of sulfone groups is 1. The second kappa shape index (κ2) is 5.04. The lowest BCUT2D eigenvalue weighted by atomic mass is 10.0. The molecule has 5 nitrogen and oxygen atoms in total. The van der Waals surface area contributed by atoms with Gasteiger partial charge in [0.2, 0.25) is 0 Å². The summed E-state index contributed by atoms with van der Waals surface area (Å²) in [5.74, 6) is -4.60. The third kappa shape index (κ3) is 2.27. The van der Waals surface area contributed by atoms with Gasteiger partial charge in [0.25, 0.3) is 15.0 Å². The van der Waals surface area contributed by atoms with E-state index in [1.807, 2.05) is 0 Å². The van der Waals surface area contributed by atoms with Crippen LogP contribution in [0.15, 0.2) is 29.4 Å². The summed E-state index contributed by atoms with van der Waals surface area (Å²) in [6.45, 7) is 0. The van der Waals surface area contributed by atoms with Gasteiger partial charge >= 0.3 is 5.76 Å². The fraction of sp³-hybridized carbons (Fsp3) is 0.333. The molecule has 22 heavy (non-hydrogen) atoms. The normalized spacial score (nSPS) is 21.3. The minimum absolute atomic E-state index is 0.117. The maximum atomic E-state index is 14.0. The van der Waals surface area contributed by atoms with Crippen LogP contribution >= 0.6 is 0 Å². The molecule has 2 heterocycles. The molecule has 0 unspecified atom stereocenters. The summed E-state index contributed by atoms with van der Waals surface area (Å²) in [7, 11) is -5.01. The number of rotatable bonds is 3. The summed E-state index contributed by atoms with van der Waals surface area (Å²) < 4.78 is 75.9. The Bertz CT molecular complexity index is 822. The van der Waals surface area contributed by atoms with Gasteiger partial charge in [-0.15, -0.1) is 5.10 Å². The summed E-state index contributed by atoms with van der Waals surface area (Å²) in [5, 5.41) is 2.37. The molecular weight excluding hydrogens is 326 g/mol. The number of halogens is 4. The highest BCUT2D eigenvalue weighted by atomic mass is 32.2. The van der Waals surface area contributed by atoms with Crippen molar-refractivity contribution in [1.29, 1.82) is 0 Å². The third-order valence-electron chi connectivity index (χ3n) is 3.37. The average molecular weight is 335 g/mol. The zero-order valence-electron chi connectivity index (χ0n) is 10.8. The SMILES string of the molecule is O=S(=O)(c1nc2n(n1)[C@H](c1cccc(F)c1)C[C@@H]2F)C(F)F. The lowest BCUT2D eigenvalue weighted by molar-refractivity contribution is 0.233. The standard InChI is InChI=1S/C12H9F4N3O2S/c13-7-3-1-2-6(4-7)9-5-8(14)10-17-12(18-19(9)10)22(20,21)11(15)16/h1-4,8-9,11H,5H2/t8-,9-/m0/s1. The summed E-state index contributed by atoms with van der Waals surface area (Å²) in [5.41, 5.74) is 0.354. The molecule has 0 radical (unpaired) electrons. The Morgan fingerprint density at radius 3 is 2.68 bits per heavy atom. The Morgan fingerprint density at radius 2 is 2.05 bits per heavy atom. The number of alkyl halides is 3. The number of hydrogen-bond donors (Lipinski definition) is 0. The zero-order valence-corrected chi connectivity index (χ0v) is 11.6. The van der Waals surface area contributed by atoms with Crippen molar-refractivity contribution >= 4 is 9.84 Å². The van der Waals surface area contributed by atoms with Crippen molar-refractivity contribution in [3.8, 4) is 0 Å². The minimum atomic E-state index is -5.01. The van der Waals surface area contributed by atoms with Crippen LogP contribution in [0.2, 0.25) is 0 Å². The Labute approximate surface area is 122 Å². The smallest absolute Gasteiger partial charge is 0.239 e. The van der Waals surface area contributed by atoms with Gasteiger partial charge in [-0.3, -0.25) is 0 Å². The molecule has 2 aromatic rings. The molecule has 10 heteroatoms. The van der Waals surface area contributed by atoms with Gasteiger partial charge in [0.15, 0.2) is 12.0 Å². The van der Waals surface area contributed by atoms with Crippen LogP contribution in [0, 0.1) is 5.82 Å². The fourth-order valence-electron chi connectivity index (χ4n) is 2.35. The first-order valence-electron chi connectivity index (χ1n) is 6.18. The Hall–Kier alpha value is -1.97. The first-order valence-corrected chi connectivity index (χ1v) is 7.73. The van der Waals surface area contributed by atoms with Gasteiger partial charge in [0, 0.05) is 6.42 Å². The van der Waals surface area contributed by atoms with Crippen LogP contribution in [0.1, 0.15) is 30.0 Å². The van der Waals surface area contributed by atoms with E-state index in [1.54, 1.807) is 0 Å². The number of aromatic nitrogens is 3. The molecule has 0 N–H and O–H groups in total. The highest BCUT2D eigenvalue weighted by molar-refractivity contribution is 7.91. The fourth-order valence-corrected chi connectivity index (χ4v) is 2.93. The Morgan fingerprint density at radius 1 is 1.32 bits per heavy atom. The molecule has 0 aliphatic carbocycles. The van der Waals surface area contributed by atoms with E-state index in [-0.39, 0.29) is 12.2 Å². The van der Waals surface area contributed by atoms with Crippen molar-refractivity contribution < 1.29 is 26.0 Å². The van der Waals surface area contributed by atoms with E-state index in [0.717, 1.165) is 10.7 Å². The topological polar surface area (TPSA) is 64.8 Å². The van der Waals surface area contributed by atoms with Gasteiger partial charge in [-0.1, -0.05) is 12.1 Å². The lowest BCUT2D eigenvalue weighted by Gasteiger charge is -2.11. The highest BCUT2D eigenvalue weighted by Gasteiger charge is 2.40. The first kappa shape index (κ1) is 14.9. The van der Waals surface area contributed by atoms with Crippen molar-refractivity contribution in [2.24, 2.45) is 0 Å². The van der Waals surface area contributed by atoms with Crippen molar-refractivity contribution in [3.05, 3.63) is 41.5 Å². The lowest BCUT2D eigenvalue weighted by Crippen LogP contribution is -2.15. The molecule has 0 saturated carbocycles. The van der Waals surface area contributed by atoms with E-state index in [9.17, 15) is 26.0 Å². The van der Waals surface area contributed by atoms with E-state index in [2.05, 4.69) is 10.1 Å². The van der Waals surface area contributed by atoms with Gasteiger partial charge in [0.05, 0.1) is 6.04 Å². The van der Waals surface area contributed by atoms with Crippen LogP contribution < -0.4 is 0 Å². The molecule has 1 aliphatic rings. The van der Waals surface area contributed by atoms with Gasteiger partial charge in [-0.05, 0) is 17.7 Å². The molecule has 0 saturated heterocycles. The van der Waals surface area contributed by atoms with Crippen molar-refractivity contribution in [3.63, 3.8) is 0 Å². The Balaban J connectivity index is 2.07. The summed E-state index contributed by atoms with van der Waals surface area (Å²) in [6, 6.07) is 4.47.